The number of rotatable bonds is 9. The fourth-order valence-corrected chi connectivity index (χ4v) is 3.93. The van der Waals surface area contributed by atoms with E-state index in [1.165, 1.54) is 0 Å². The number of hydrogen-bond acceptors (Lipinski definition) is 8. The van der Waals surface area contributed by atoms with Crippen LogP contribution in [0.3, 0.4) is 0 Å². The van der Waals surface area contributed by atoms with Crippen LogP contribution in [0.1, 0.15) is 50.9 Å². The number of hydrogen-bond donors (Lipinski definition) is 4. The predicted octanol–water partition coefficient (Wildman–Crippen LogP) is 3.75. The Morgan fingerprint density at radius 1 is 1.22 bits per heavy atom. The maximum absolute atomic E-state index is 15.1. The monoisotopic (exact) mass is 510 g/mol. The van der Waals surface area contributed by atoms with Gasteiger partial charge in [0, 0.05) is 11.7 Å². The highest BCUT2D eigenvalue weighted by Gasteiger charge is 2.37. The second-order valence-electron chi connectivity index (χ2n) is 10.0. The highest BCUT2D eigenvalue weighted by Crippen LogP contribution is 2.36. The quantitative estimate of drug-likeness (QED) is 0.340. The molecule has 12 heteroatoms. The molecule has 0 unspecified atom stereocenters. The molecule has 0 radical (unpaired) electrons. The molecule has 1 aliphatic carbocycles. The third-order valence-electron chi connectivity index (χ3n) is 5.75. The molecule has 37 heavy (non-hydrogen) atoms. The van der Waals surface area contributed by atoms with E-state index in [1.807, 2.05) is 13.0 Å². The van der Waals surface area contributed by atoms with Crippen LogP contribution in [0.25, 0.3) is 5.69 Å². The number of pyridine rings is 1. The summed E-state index contributed by atoms with van der Waals surface area (Å²) < 4.78 is 22.0. The number of carbonyl (C=O) groups is 2. The van der Waals surface area contributed by atoms with E-state index in [0.717, 1.165) is 24.6 Å². The first-order valence-corrected chi connectivity index (χ1v) is 12.0. The van der Waals surface area contributed by atoms with E-state index in [0.29, 0.717) is 5.69 Å². The molecule has 2 amide bonds. The number of nitrogens with zero attached hydrogens (tertiary/aromatic N) is 4. The number of halogens is 1. The largest absolute Gasteiger partial charge is 0.444 e. The van der Waals surface area contributed by atoms with Gasteiger partial charge in [-0.05, 0) is 70.7 Å². The van der Waals surface area contributed by atoms with Crippen molar-refractivity contribution in [2.24, 2.45) is 11.7 Å². The molecule has 0 bridgehead atoms. The van der Waals surface area contributed by atoms with Crippen molar-refractivity contribution in [1.82, 2.24) is 25.3 Å². The van der Waals surface area contributed by atoms with Crippen molar-refractivity contribution in [3.05, 3.63) is 54.1 Å². The number of benzene rings is 1. The van der Waals surface area contributed by atoms with Crippen LogP contribution in [0.15, 0.2) is 42.7 Å². The van der Waals surface area contributed by atoms with Gasteiger partial charge in [-0.25, -0.2) is 18.9 Å². The third-order valence-corrected chi connectivity index (χ3v) is 5.75. The van der Waals surface area contributed by atoms with Crippen LogP contribution in [0.2, 0.25) is 0 Å². The number of aromatic nitrogens is 4. The first-order chi connectivity index (χ1) is 17.5. The van der Waals surface area contributed by atoms with Gasteiger partial charge >= 0.3 is 6.09 Å². The average Bonchev–Trinajstić information content (AvgIpc) is 3.49. The van der Waals surface area contributed by atoms with Gasteiger partial charge in [0.1, 0.15) is 11.4 Å². The second kappa shape index (κ2) is 10.4. The van der Waals surface area contributed by atoms with Crippen LogP contribution in [0, 0.1) is 11.7 Å². The summed E-state index contributed by atoms with van der Waals surface area (Å²) in [5.74, 6) is -1.31. The van der Waals surface area contributed by atoms with Crippen LogP contribution in [-0.2, 0) is 4.74 Å². The molecule has 196 valence electrons. The number of anilines is 3. The Bertz CT molecular complexity index is 1270. The van der Waals surface area contributed by atoms with Crippen LogP contribution in [-0.4, -0.2) is 49.7 Å². The smallest absolute Gasteiger partial charge is 0.407 e. The highest BCUT2D eigenvalue weighted by atomic mass is 19.1. The van der Waals surface area contributed by atoms with Crippen molar-refractivity contribution in [3.8, 4) is 5.69 Å². The number of nitrogens with two attached hydrogens (primary N) is 1. The van der Waals surface area contributed by atoms with E-state index < -0.39 is 23.4 Å². The summed E-state index contributed by atoms with van der Waals surface area (Å²) >= 11 is 0. The number of primary amides is 1. The topological polar surface area (TPSA) is 149 Å². The zero-order valence-corrected chi connectivity index (χ0v) is 21.2. The number of amides is 2. The Labute approximate surface area is 214 Å². The lowest BCUT2D eigenvalue weighted by molar-refractivity contribution is 0.0501. The van der Waals surface area contributed by atoms with Crippen molar-refractivity contribution in [1.29, 1.82) is 0 Å². The standard InChI is InChI=1S/C25H31FN8O3/c1-14(29-24(36)37-25(2,3)4)20(15-8-9-15)31-23-19(26)13-18(21(27)35)22(32-23)30-16-6-5-7-17(12-16)34-11-10-28-33-34/h5-7,10-15,20H,8-9H2,1-4H3,(H2,27,35)(H,29,36)(H2,30,31,32)/t14-,20-/m0/s1. The molecule has 1 aliphatic rings. The van der Waals surface area contributed by atoms with Crippen LogP contribution in [0.5, 0.6) is 0 Å². The molecule has 0 spiro atoms. The molecule has 0 saturated heterocycles. The van der Waals surface area contributed by atoms with Gasteiger partial charge in [-0.2, -0.15) is 0 Å². The minimum Gasteiger partial charge on any atom is -0.444 e. The summed E-state index contributed by atoms with van der Waals surface area (Å²) in [7, 11) is 0. The molecule has 5 N–H and O–H groups in total. The summed E-state index contributed by atoms with van der Waals surface area (Å²) in [6.45, 7) is 7.17. The minimum atomic E-state index is -0.827. The minimum absolute atomic E-state index is 0.0605. The van der Waals surface area contributed by atoms with E-state index in [1.54, 1.807) is 56.0 Å². The summed E-state index contributed by atoms with van der Waals surface area (Å²) in [5.41, 5.74) is 6.08. The molecule has 1 fully saturated rings. The van der Waals surface area contributed by atoms with Crippen LogP contribution in [0.4, 0.5) is 26.5 Å². The van der Waals surface area contributed by atoms with Gasteiger partial charge in [-0.3, -0.25) is 4.79 Å². The van der Waals surface area contributed by atoms with Gasteiger partial charge in [-0.15, -0.1) is 5.10 Å². The number of ether oxygens (including phenoxy) is 1. The molecule has 3 aromatic rings. The molecule has 4 rings (SSSR count). The summed E-state index contributed by atoms with van der Waals surface area (Å²) in [5, 5.41) is 16.8. The van der Waals surface area contributed by atoms with Crippen molar-refractivity contribution >= 4 is 29.3 Å². The SMILES string of the molecule is C[C@H](NC(=O)OC(C)(C)C)[C@H](Nc1nc(Nc2cccc(-n3ccnn3)c2)c(C(N)=O)cc1F)C1CC1. The van der Waals surface area contributed by atoms with Crippen LogP contribution >= 0.6 is 0 Å². The van der Waals surface area contributed by atoms with Gasteiger partial charge in [0.2, 0.25) is 0 Å². The van der Waals surface area contributed by atoms with Gasteiger partial charge < -0.3 is 26.4 Å². The number of alkyl carbamates (subject to hydrolysis) is 1. The lowest BCUT2D eigenvalue weighted by atomic mass is 10.0. The van der Waals surface area contributed by atoms with Gasteiger partial charge in [0.05, 0.1) is 29.7 Å². The fraction of sp³-hybridized carbons (Fsp3) is 0.400. The lowest BCUT2D eigenvalue weighted by Gasteiger charge is -2.28. The Hall–Kier alpha value is -4.22. The van der Waals surface area contributed by atoms with E-state index in [2.05, 4.69) is 31.2 Å². The van der Waals surface area contributed by atoms with Crippen molar-refractivity contribution in [3.63, 3.8) is 0 Å². The molecular formula is C25H31FN8O3. The second-order valence-corrected chi connectivity index (χ2v) is 10.0. The third kappa shape index (κ3) is 6.72. The van der Waals surface area contributed by atoms with Crippen molar-refractivity contribution in [2.75, 3.05) is 10.6 Å². The maximum atomic E-state index is 15.1. The zero-order chi connectivity index (χ0) is 26.7. The van der Waals surface area contributed by atoms with E-state index in [4.69, 9.17) is 10.5 Å². The summed E-state index contributed by atoms with van der Waals surface area (Å²) in [4.78, 5) is 28.8. The first-order valence-electron chi connectivity index (χ1n) is 12.0. The molecule has 2 aromatic heterocycles. The average molecular weight is 511 g/mol. The van der Waals surface area contributed by atoms with Crippen LogP contribution < -0.4 is 21.7 Å². The Morgan fingerprint density at radius 3 is 2.59 bits per heavy atom. The Balaban J connectivity index is 1.58. The normalized spacial score (nSPS) is 14.9. The van der Waals surface area contributed by atoms with Gasteiger partial charge in [-0.1, -0.05) is 11.3 Å². The number of nitrogens with one attached hydrogen (secondary N) is 3. The molecular weight excluding hydrogens is 479 g/mol. The van der Waals surface area contributed by atoms with Gasteiger partial charge in [0.25, 0.3) is 5.91 Å². The predicted molar refractivity (Wildman–Crippen MR) is 136 cm³/mol. The fourth-order valence-electron chi connectivity index (χ4n) is 3.93. The summed E-state index contributed by atoms with van der Waals surface area (Å²) in [6.07, 6.45) is 4.55. The van der Waals surface area contributed by atoms with Gasteiger partial charge in [0.15, 0.2) is 11.6 Å². The van der Waals surface area contributed by atoms with E-state index in [9.17, 15) is 9.59 Å². The number of carbonyl (C=O) groups excluding carboxylic acids is 2. The molecule has 2 heterocycles. The zero-order valence-electron chi connectivity index (χ0n) is 21.2. The maximum Gasteiger partial charge on any atom is 0.407 e. The molecule has 2 atom stereocenters. The summed E-state index contributed by atoms with van der Waals surface area (Å²) in [6, 6.07) is 7.53. The van der Waals surface area contributed by atoms with E-state index >= 15 is 4.39 Å². The lowest BCUT2D eigenvalue weighted by Crippen LogP contribution is -2.47. The molecule has 1 aromatic carbocycles. The highest BCUT2D eigenvalue weighted by molar-refractivity contribution is 5.98. The first kappa shape index (κ1) is 25.9. The Morgan fingerprint density at radius 2 is 1.97 bits per heavy atom. The Kier molecular flexibility index (Phi) is 7.28. The molecule has 11 nitrogen and oxygen atoms in total. The van der Waals surface area contributed by atoms with E-state index in [-0.39, 0.29) is 35.2 Å². The molecule has 0 aliphatic heterocycles. The van der Waals surface area contributed by atoms with Crippen molar-refractivity contribution < 1.29 is 18.7 Å². The molecule has 1 saturated carbocycles. The van der Waals surface area contributed by atoms with Crippen molar-refractivity contribution in [2.45, 2.75) is 58.2 Å².